The molecule has 0 atom stereocenters. The van der Waals surface area contributed by atoms with Gasteiger partial charge >= 0.3 is 0 Å². The molecule has 0 amide bonds. The summed E-state index contributed by atoms with van der Waals surface area (Å²) in [5.74, 6) is 0. The van der Waals surface area contributed by atoms with Gasteiger partial charge in [0, 0.05) is 47.3 Å². The zero-order valence-electron chi connectivity index (χ0n) is 26.9. The summed E-state index contributed by atoms with van der Waals surface area (Å²) in [7, 11) is 0. The van der Waals surface area contributed by atoms with E-state index in [0.29, 0.717) is 39.3 Å². The summed E-state index contributed by atoms with van der Waals surface area (Å²) in [4.78, 5) is 3.98. The molecule has 0 bridgehead atoms. The number of hydrogen-bond donors (Lipinski definition) is 0. The molecule has 0 spiro atoms. The van der Waals surface area contributed by atoms with Gasteiger partial charge in [-0.1, -0.05) is 97.1 Å². The van der Waals surface area contributed by atoms with Gasteiger partial charge in [-0.25, -0.2) is 4.85 Å². The van der Waals surface area contributed by atoms with Crippen LogP contribution in [0.5, 0.6) is 0 Å². The zero-order chi connectivity index (χ0) is 34.2. The van der Waals surface area contributed by atoms with Gasteiger partial charge in [-0.15, -0.1) is 11.3 Å². The van der Waals surface area contributed by atoms with Gasteiger partial charge in [0.2, 0.25) is 5.69 Å². The topological polar surface area (TPSA) is 61.8 Å². The van der Waals surface area contributed by atoms with E-state index in [0.717, 1.165) is 59.1 Å². The van der Waals surface area contributed by atoms with Crippen molar-refractivity contribution in [2.45, 2.75) is 0 Å². The van der Waals surface area contributed by atoms with E-state index in [4.69, 9.17) is 6.57 Å². The van der Waals surface area contributed by atoms with Gasteiger partial charge in [-0.3, -0.25) is 0 Å². The Morgan fingerprint density at radius 1 is 0.529 bits per heavy atom. The normalized spacial score (nSPS) is 11.5. The molecule has 0 fully saturated rings. The van der Waals surface area contributed by atoms with Gasteiger partial charge in [0.05, 0.1) is 57.2 Å². The highest BCUT2D eigenvalue weighted by Gasteiger charge is 2.24. The number of benzene rings is 7. The fourth-order valence-corrected chi connectivity index (χ4v) is 9.04. The van der Waals surface area contributed by atoms with Crippen LogP contribution in [-0.4, -0.2) is 9.13 Å². The first-order valence-corrected chi connectivity index (χ1v) is 17.3. The number of fused-ring (bicyclic) bond motifs is 10. The standard InChI is InChI=1S/C45H23N5S/c1-48-36-16-10-15-32(44(36)49-37-17-6-2-11-29(37)30-12-3-7-18-38(30)49)35-23-28(26-47)40(24-27(35)25-46)50-39-19-8-4-13-31(39)33-21-22-42-43(45(33)50)34-14-5-9-20-41(34)51-42/h2-24H. The van der Waals surface area contributed by atoms with Crippen LogP contribution < -0.4 is 0 Å². The maximum atomic E-state index is 10.9. The molecule has 10 rings (SSSR count). The lowest BCUT2D eigenvalue weighted by molar-refractivity contribution is 1.16. The van der Waals surface area contributed by atoms with Crippen molar-refractivity contribution >= 4 is 80.8 Å². The Bertz CT molecular complexity index is 3190. The molecular weight excluding hydrogens is 643 g/mol. The molecule has 6 heteroatoms. The summed E-state index contributed by atoms with van der Waals surface area (Å²) < 4.78 is 6.65. The lowest BCUT2D eigenvalue weighted by Crippen LogP contribution is -2.03. The molecule has 3 aromatic heterocycles. The lowest BCUT2D eigenvalue weighted by atomic mass is 9.94. The molecule has 51 heavy (non-hydrogen) atoms. The minimum absolute atomic E-state index is 0.418. The third-order valence-electron chi connectivity index (χ3n) is 10.0. The van der Waals surface area contributed by atoms with E-state index in [-0.39, 0.29) is 0 Å². The Morgan fingerprint density at radius 3 is 1.80 bits per heavy atom. The quantitative estimate of drug-likeness (QED) is 0.176. The molecule has 234 valence electrons. The van der Waals surface area contributed by atoms with Crippen LogP contribution in [0, 0.1) is 29.2 Å². The number of nitrogens with zero attached hydrogens (tertiary/aromatic N) is 5. The monoisotopic (exact) mass is 665 g/mol. The number of aromatic nitrogens is 2. The minimum Gasteiger partial charge on any atom is -0.318 e. The van der Waals surface area contributed by atoms with Crippen molar-refractivity contribution in [3.8, 4) is 34.6 Å². The molecule has 0 saturated carbocycles. The number of nitriles is 2. The second kappa shape index (κ2) is 10.9. The Morgan fingerprint density at radius 2 is 1.14 bits per heavy atom. The molecule has 0 radical (unpaired) electrons. The molecule has 0 saturated heterocycles. The van der Waals surface area contributed by atoms with E-state index in [1.807, 2.05) is 66.7 Å². The Labute approximate surface area is 296 Å². The second-order valence-corrected chi connectivity index (χ2v) is 13.7. The summed E-state index contributed by atoms with van der Waals surface area (Å²) >= 11 is 1.76. The third kappa shape index (κ3) is 3.99. The number of hydrogen-bond acceptors (Lipinski definition) is 3. The molecule has 0 aliphatic heterocycles. The first kappa shape index (κ1) is 28.8. The van der Waals surface area contributed by atoms with Gasteiger partial charge in [-0.05, 0) is 48.0 Å². The van der Waals surface area contributed by atoms with Crippen LogP contribution in [0.2, 0.25) is 0 Å². The largest absolute Gasteiger partial charge is 0.318 e. The van der Waals surface area contributed by atoms with Crippen LogP contribution in [0.15, 0.2) is 140 Å². The Kier molecular flexibility index (Phi) is 6.17. The highest BCUT2D eigenvalue weighted by molar-refractivity contribution is 7.26. The number of thiophene rings is 1. The molecule has 3 heterocycles. The second-order valence-electron chi connectivity index (χ2n) is 12.6. The molecule has 0 aliphatic carbocycles. The third-order valence-corrected chi connectivity index (χ3v) is 11.2. The van der Waals surface area contributed by atoms with Gasteiger partial charge in [-0.2, -0.15) is 10.5 Å². The van der Waals surface area contributed by atoms with Crippen molar-refractivity contribution in [1.82, 2.24) is 9.13 Å². The van der Waals surface area contributed by atoms with Crippen molar-refractivity contribution in [1.29, 1.82) is 10.5 Å². The van der Waals surface area contributed by atoms with E-state index < -0.39 is 0 Å². The fraction of sp³-hybridized carbons (Fsp3) is 0. The Balaban J connectivity index is 1.31. The van der Waals surface area contributed by atoms with Gasteiger partial charge in [0.15, 0.2) is 0 Å². The van der Waals surface area contributed by atoms with Crippen molar-refractivity contribution in [3.63, 3.8) is 0 Å². The van der Waals surface area contributed by atoms with E-state index in [1.54, 1.807) is 11.3 Å². The molecule has 5 nitrogen and oxygen atoms in total. The van der Waals surface area contributed by atoms with Crippen LogP contribution in [0.3, 0.4) is 0 Å². The number of rotatable bonds is 3. The van der Waals surface area contributed by atoms with Crippen LogP contribution in [-0.2, 0) is 0 Å². The molecule has 0 aliphatic rings. The molecule has 10 aromatic rings. The molecule has 7 aromatic carbocycles. The summed E-state index contributed by atoms with van der Waals surface area (Å²) in [6, 6.07) is 51.7. The average Bonchev–Trinajstić information content (AvgIpc) is 3.84. The van der Waals surface area contributed by atoms with Crippen molar-refractivity contribution < 1.29 is 0 Å². The first-order valence-electron chi connectivity index (χ1n) is 16.5. The lowest BCUT2D eigenvalue weighted by Gasteiger charge is -2.18. The van der Waals surface area contributed by atoms with Crippen molar-refractivity contribution in [2.24, 2.45) is 0 Å². The minimum atomic E-state index is 0.418. The van der Waals surface area contributed by atoms with Gasteiger partial charge in [0.1, 0.15) is 6.07 Å². The summed E-state index contributed by atoms with van der Waals surface area (Å²) in [5.41, 5.74) is 7.85. The summed E-state index contributed by atoms with van der Waals surface area (Å²) in [6.45, 7) is 8.22. The number of para-hydroxylation sites is 4. The van der Waals surface area contributed by atoms with Gasteiger partial charge in [0.25, 0.3) is 0 Å². The van der Waals surface area contributed by atoms with Crippen molar-refractivity contribution in [3.05, 3.63) is 162 Å². The van der Waals surface area contributed by atoms with E-state index in [1.165, 1.54) is 4.70 Å². The SMILES string of the molecule is [C-]#[N+]c1cccc(-c2cc(C#N)c(-n3c4ccccc4c4ccc5sc6ccccc6c5c43)cc2C#N)c1-n1c2ccccc2c2ccccc21. The maximum Gasteiger partial charge on any atom is 0.211 e. The predicted octanol–water partition coefficient (Wildman–Crippen LogP) is 12.2. The highest BCUT2D eigenvalue weighted by Crippen LogP contribution is 2.45. The van der Waals surface area contributed by atoms with Crippen LogP contribution >= 0.6 is 11.3 Å². The van der Waals surface area contributed by atoms with E-state index in [9.17, 15) is 10.5 Å². The molecular formula is C45H23N5S. The van der Waals surface area contributed by atoms with E-state index >= 15 is 0 Å². The van der Waals surface area contributed by atoms with E-state index in [2.05, 4.69) is 98.9 Å². The summed E-state index contributed by atoms with van der Waals surface area (Å²) in [5, 5.41) is 28.3. The first-order chi connectivity index (χ1) is 25.2. The molecule has 0 unspecified atom stereocenters. The summed E-state index contributed by atoms with van der Waals surface area (Å²) in [6.07, 6.45) is 0. The van der Waals surface area contributed by atoms with Gasteiger partial charge < -0.3 is 9.13 Å². The fourth-order valence-electron chi connectivity index (χ4n) is 7.93. The highest BCUT2D eigenvalue weighted by atomic mass is 32.1. The molecule has 0 N–H and O–H groups in total. The Hall–Kier alpha value is -7.17. The predicted molar refractivity (Wildman–Crippen MR) is 209 cm³/mol. The zero-order valence-corrected chi connectivity index (χ0v) is 27.7. The van der Waals surface area contributed by atoms with Crippen molar-refractivity contribution in [2.75, 3.05) is 0 Å². The average molecular weight is 666 g/mol. The van der Waals surface area contributed by atoms with Crippen LogP contribution in [0.1, 0.15) is 11.1 Å². The maximum absolute atomic E-state index is 10.9. The van der Waals surface area contributed by atoms with Crippen LogP contribution in [0.25, 0.3) is 91.1 Å². The van der Waals surface area contributed by atoms with Crippen LogP contribution in [0.4, 0.5) is 5.69 Å². The smallest absolute Gasteiger partial charge is 0.211 e.